The van der Waals surface area contributed by atoms with E-state index in [-0.39, 0.29) is 34.1 Å². The lowest BCUT2D eigenvalue weighted by atomic mass is 10.2. The number of aromatic nitrogens is 1. The molecule has 170 valence electrons. The van der Waals surface area contributed by atoms with E-state index in [2.05, 4.69) is 10.3 Å². The highest BCUT2D eigenvalue weighted by atomic mass is 32.2. The van der Waals surface area contributed by atoms with Gasteiger partial charge in [0.05, 0.1) is 11.5 Å². The van der Waals surface area contributed by atoms with E-state index in [4.69, 9.17) is 9.15 Å². The molecule has 6 nitrogen and oxygen atoms in total. The average Bonchev–Trinajstić information content (AvgIpc) is 3.25. The van der Waals surface area contributed by atoms with Gasteiger partial charge in [0, 0.05) is 12.1 Å². The van der Waals surface area contributed by atoms with Gasteiger partial charge in [0.15, 0.2) is 0 Å². The van der Waals surface area contributed by atoms with Crippen molar-refractivity contribution in [1.29, 1.82) is 0 Å². The molecule has 0 bridgehead atoms. The van der Waals surface area contributed by atoms with Crippen LogP contribution >= 0.6 is 0 Å². The Morgan fingerprint density at radius 1 is 0.970 bits per heavy atom. The summed E-state index contributed by atoms with van der Waals surface area (Å²) in [5.41, 5.74) is 2.31. The molecule has 0 atom stereocenters. The van der Waals surface area contributed by atoms with Gasteiger partial charge in [0.25, 0.3) is 0 Å². The van der Waals surface area contributed by atoms with Gasteiger partial charge in [-0.3, -0.25) is 0 Å². The average molecular weight is 467 g/mol. The quantitative estimate of drug-likeness (QED) is 0.362. The summed E-state index contributed by atoms with van der Waals surface area (Å²) in [6, 6.07) is 19.5. The molecule has 33 heavy (non-hydrogen) atoms. The molecular weight excluding hydrogens is 443 g/mol. The Morgan fingerprint density at radius 2 is 1.64 bits per heavy atom. The molecule has 0 spiro atoms. The fraction of sp³-hybridized carbons (Fsp3) is 0.160. The van der Waals surface area contributed by atoms with Crippen LogP contribution in [0.25, 0.3) is 11.5 Å². The van der Waals surface area contributed by atoms with Crippen LogP contribution in [0.15, 0.2) is 87.1 Å². The molecule has 4 rings (SSSR count). The number of nitrogens with one attached hydrogen (secondary N) is 1. The van der Waals surface area contributed by atoms with Crippen molar-refractivity contribution in [2.24, 2.45) is 0 Å². The van der Waals surface area contributed by atoms with Crippen LogP contribution in [-0.4, -0.2) is 20.0 Å². The van der Waals surface area contributed by atoms with Gasteiger partial charge in [-0.1, -0.05) is 29.8 Å². The summed E-state index contributed by atoms with van der Waals surface area (Å²) < 4.78 is 51.3. The standard InChI is InChI=1S/C25H23FN2O4S/c1-3-31-21-12-8-19(9-13-21)23-28-25(33(29,30)22-14-4-17(2)5-15-22)24(32-23)27-16-18-6-10-20(26)11-7-18/h4-15,27H,3,16H2,1-2H3. The van der Waals surface area contributed by atoms with Crippen molar-refractivity contribution in [3.63, 3.8) is 0 Å². The first-order chi connectivity index (χ1) is 15.9. The summed E-state index contributed by atoms with van der Waals surface area (Å²) in [5, 5.41) is 2.79. The number of oxazole rings is 1. The Bertz CT molecular complexity index is 1330. The van der Waals surface area contributed by atoms with Crippen LogP contribution in [-0.2, 0) is 16.4 Å². The number of aryl methyl sites for hydroxylation is 1. The van der Waals surface area contributed by atoms with E-state index in [1.165, 1.54) is 12.1 Å². The molecule has 4 aromatic rings. The molecule has 0 amide bonds. The van der Waals surface area contributed by atoms with Crippen molar-refractivity contribution in [2.45, 2.75) is 30.3 Å². The van der Waals surface area contributed by atoms with Crippen molar-refractivity contribution in [1.82, 2.24) is 4.98 Å². The molecule has 0 unspecified atom stereocenters. The van der Waals surface area contributed by atoms with Gasteiger partial charge in [-0.25, -0.2) is 12.8 Å². The third kappa shape index (κ3) is 5.06. The Morgan fingerprint density at radius 3 is 2.27 bits per heavy atom. The Labute approximate surface area is 192 Å². The zero-order valence-corrected chi connectivity index (χ0v) is 19.0. The molecule has 1 heterocycles. The smallest absolute Gasteiger partial charge is 0.234 e. The van der Waals surface area contributed by atoms with Gasteiger partial charge in [0.1, 0.15) is 11.6 Å². The Kier molecular flexibility index (Phi) is 6.46. The summed E-state index contributed by atoms with van der Waals surface area (Å²) in [6.07, 6.45) is 0. The molecule has 1 aromatic heterocycles. The number of halogens is 1. The number of hydrogen-bond donors (Lipinski definition) is 1. The van der Waals surface area contributed by atoms with Crippen molar-refractivity contribution < 1.29 is 22.0 Å². The predicted octanol–water partition coefficient (Wildman–Crippen LogP) is 5.63. The zero-order valence-electron chi connectivity index (χ0n) is 18.2. The number of hydrogen-bond acceptors (Lipinski definition) is 6. The van der Waals surface area contributed by atoms with E-state index in [9.17, 15) is 12.8 Å². The maximum Gasteiger partial charge on any atom is 0.234 e. The van der Waals surface area contributed by atoms with Gasteiger partial charge in [-0.2, -0.15) is 4.98 Å². The number of ether oxygens (including phenoxy) is 1. The van der Waals surface area contributed by atoms with Gasteiger partial charge in [-0.15, -0.1) is 0 Å². The lowest BCUT2D eigenvalue weighted by Crippen LogP contribution is -2.07. The second kappa shape index (κ2) is 9.46. The van der Waals surface area contributed by atoms with E-state index in [1.807, 2.05) is 13.8 Å². The first-order valence-electron chi connectivity index (χ1n) is 10.4. The number of rotatable bonds is 8. The number of sulfone groups is 1. The van der Waals surface area contributed by atoms with E-state index in [1.54, 1.807) is 60.7 Å². The largest absolute Gasteiger partial charge is 0.494 e. The third-order valence-corrected chi connectivity index (χ3v) is 6.64. The van der Waals surface area contributed by atoms with E-state index < -0.39 is 9.84 Å². The first-order valence-corrected chi connectivity index (χ1v) is 11.9. The van der Waals surface area contributed by atoms with Crippen molar-refractivity contribution in [3.05, 3.63) is 89.7 Å². The van der Waals surface area contributed by atoms with Crippen molar-refractivity contribution in [3.8, 4) is 17.2 Å². The van der Waals surface area contributed by atoms with Crippen molar-refractivity contribution in [2.75, 3.05) is 11.9 Å². The van der Waals surface area contributed by atoms with Crippen molar-refractivity contribution >= 4 is 15.7 Å². The van der Waals surface area contributed by atoms with Crippen LogP contribution in [0.5, 0.6) is 5.75 Å². The highest BCUT2D eigenvalue weighted by Gasteiger charge is 2.28. The van der Waals surface area contributed by atoms with Crippen LogP contribution in [0.3, 0.4) is 0 Å². The maximum absolute atomic E-state index is 13.4. The number of benzene rings is 3. The molecule has 3 aromatic carbocycles. The number of anilines is 1. The summed E-state index contributed by atoms with van der Waals surface area (Å²) in [7, 11) is -3.95. The second-order valence-corrected chi connectivity index (χ2v) is 9.27. The molecule has 1 N–H and O–H groups in total. The lowest BCUT2D eigenvalue weighted by Gasteiger charge is -2.07. The molecular formula is C25H23FN2O4S. The van der Waals surface area contributed by atoms with Crippen LogP contribution in [0.2, 0.25) is 0 Å². The minimum atomic E-state index is -3.95. The summed E-state index contributed by atoms with van der Waals surface area (Å²) in [6.45, 7) is 4.54. The Hall–Kier alpha value is -3.65. The second-order valence-electron chi connectivity index (χ2n) is 7.41. The van der Waals surface area contributed by atoms with Crippen LogP contribution < -0.4 is 10.1 Å². The molecule has 0 saturated heterocycles. The topological polar surface area (TPSA) is 81.4 Å². The lowest BCUT2D eigenvalue weighted by molar-refractivity contribution is 0.340. The summed E-state index contributed by atoms with van der Waals surface area (Å²) in [4.78, 5) is 4.45. The van der Waals surface area contributed by atoms with E-state index in [0.717, 1.165) is 11.1 Å². The first kappa shape index (κ1) is 22.5. The summed E-state index contributed by atoms with van der Waals surface area (Å²) >= 11 is 0. The minimum Gasteiger partial charge on any atom is -0.494 e. The molecule has 0 radical (unpaired) electrons. The van der Waals surface area contributed by atoms with Gasteiger partial charge in [-0.05, 0) is 67.9 Å². The fourth-order valence-electron chi connectivity index (χ4n) is 3.20. The summed E-state index contributed by atoms with van der Waals surface area (Å²) in [5.74, 6) is 0.517. The predicted molar refractivity (Wildman–Crippen MR) is 123 cm³/mol. The maximum atomic E-state index is 13.4. The minimum absolute atomic E-state index is 0.0174. The molecule has 0 aliphatic carbocycles. The van der Waals surface area contributed by atoms with Crippen LogP contribution in [0, 0.1) is 12.7 Å². The number of nitrogens with zero attached hydrogens (tertiary/aromatic N) is 1. The molecule has 0 saturated carbocycles. The van der Waals surface area contributed by atoms with E-state index >= 15 is 0 Å². The molecule has 0 aliphatic rings. The third-order valence-electron chi connectivity index (χ3n) is 4.96. The molecule has 8 heteroatoms. The monoisotopic (exact) mass is 466 g/mol. The van der Waals surface area contributed by atoms with Gasteiger partial charge in [0.2, 0.25) is 26.6 Å². The Balaban J connectivity index is 1.72. The van der Waals surface area contributed by atoms with Crippen LogP contribution in [0.4, 0.5) is 10.3 Å². The normalized spacial score (nSPS) is 11.4. The zero-order chi connectivity index (χ0) is 23.4. The van der Waals surface area contributed by atoms with E-state index in [0.29, 0.717) is 17.9 Å². The van der Waals surface area contributed by atoms with Gasteiger partial charge < -0.3 is 14.5 Å². The highest BCUT2D eigenvalue weighted by molar-refractivity contribution is 7.91. The SMILES string of the molecule is CCOc1ccc(-c2nc(S(=O)(=O)c3ccc(C)cc3)c(NCc3ccc(F)cc3)o2)cc1. The van der Waals surface area contributed by atoms with Crippen LogP contribution in [0.1, 0.15) is 18.1 Å². The van der Waals surface area contributed by atoms with Gasteiger partial charge >= 0.3 is 0 Å². The fourth-order valence-corrected chi connectivity index (χ4v) is 4.48. The molecule has 0 aliphatic heterocycles. The highest BCUT2D eigenvalue weighted by Crippen LogP contribution is 2.33. The molecule has 0 fully saturated rings.